The molecule has 0 heterocycles. The Morgan fingerprint density at radius 2 is 2.13 bits per heavy atom. The van der Waals surface area contributed by atoms with Crippen LogP contribution in [0.5, 0.6) is 5.75 Å². The predicted molar refractivity (Wildman–Crippen MR) is 60.3 cm³/mol. The molecule has 0 saturated heterocycles. The van der Waals surface area contributed by atoms with Gasteiger partial charge in [-0.05, 0) is 49.9 Å². The predicted octanol–water partition coefficient (Wildman–Crippen LogP) is 2.42. The highest BCUT2D eigenvalue weighted by atomic mass is 16.5. The van der Waals surface area contributed by atoms with Crippen molar-refractivity contribution in [3.8, 4) is 5.75 Å². The summed E-state index contributed by atoms with van der Waals surface area (Å²) in [6.45, 7) is 5.04. The minimum Gasteiger partial charge on any atom is -0.494 e. The van der Waals surface area contributed by atoms with Gasteiger partial charge in [0.15, 0.2) is 0 Å². The van der Waals surface area contributed by atoms with Gasteiger partial charge in [-0.15, -0.1) is 0 Å². The van der Waals surface area contributed by atoms with Crippen molar-refractivity contribution >= 4 is 0 Å². The molecule has 1 N–H and O–H groups in total. The Balaban J connectivity index is 2.27. The van der Waals surface area contributed by atoms with Crippen LogP contribution in [0.3, 0.4) is 0 Å². The highest BCUT2D eigenvalue weighted by molar-refractivity contribution is 5.42. The molecular weight excluding hydrogens is 188 g/mol. The second kappa shape index (κ2) is 3.86. The number of ether oxygens (including phenoxy) is 1. The van der Waals surface area contributed by atoms with E-state index in [0.717, 1.165) is 18.6 Å². The first kappa shape index (κ1) is 10.5. The smallest absolute Gasteiger partial charge is 0.119 e. The Bertz CT molecular complexity index is 354. The first-order valence-corrected chi connectivity index (χ1v) is 5.56. The van der Waals surface area contributed by atoms with E-state index < -0.39 is 0 Å². The summed E-state index contributed by atoms with van der Waals surface area (Å²) >= 11 is 0. The molecule has 0 unspecified atom stereocenters. The van der Waals surface area contributed by atoms with Crippen molar-refractivity contribution in [2.45, 2.75) is 32.1 Å². The Labute approximate surface area is 90.9 Å². The number of aliphatic hydroxyl groups excluding tert-OH is 1. The molecule has 1 aromatic carbocycles. The van der Waals surface area contributed by atoms with E-state index in [2.05, 4.69) is 19.1 Å². The molecule has 2 rings (SSSR count). The molecule has 0 spiro atoms. The van der Waals surface area contributed by atoms with Crippen molar-refractivity contribution < 1.29 is 9.84 Å². The van der Waals surface area contributed by atoms with E-state index in [-0.39, 0.29) is 12.0 Å². The molecule has 0 radical (unpaired) electrons. The second-order valence-corrected chi connectivity index (χ2v) is 4.35. The van der Waals surface area contributed by atoms with Gasteiger partial charge in [0.05, 0.1) is 13.2 Å². The quantitative estimate of drug-likeness (QED) is 0.819. The fourth-order valence-electron chi connectivity index (χ4n) is 2.15. The molecule has 0 bridgehead atoms. The number of benzene rings is 1. The summed E-state index contributed by atoms with van der Waals surface area (Å²) < 4.78 is 5.45. The van der Waals surface area contributed by atoms with Crippen molar-refractivity contribution in [3.05, 3.63) is 29.3 Å². The molecule has 0 aromatic heterocycles. The lowest BCUT2D eigenvalue weighted by atomic mass is 9.92. The van der Waals surface area contributed by atoms with E-state index in [0.29, 0.717) is 6.61 Å². The van der Waals surface area contributed by atoms with Gasteiger partial charge >= 0.3 is 0 Å². The van der Waals surface area contributed by atoms with Crippen LogP contribution in [-0.4, -0.2) is 18.3 Å². The van der Waals surface area contributed by atoms with Gasteiger partial charge in [-0.2, -0.15) is 0 Å². The molecule has 2 nitrogen and oxygen atoms in total. The van der Waals surface area contributed by atoms with Crippen LogP contribution in [0.4, 0.5) is 0 Å². The molecular formula is C13H18O2. The molecule has 15 heavy (non-hydrogen) atoms. The van der Waals surface area contributed by atoms with E-state index in [1.54, 1.807) is 0 Å². The average Bonchev–Trinajstić information content (AvgIpc) is 2.99. The van der Waals surface area contributed by atoms with Gasteiger partial charge < -0.3 is 9.84 Å². The molecule has 1 aliphatic carbocycles. The maximum absolute atomic E-state index is 9.38. The summed E-state index contributed by atoms with van der Waals surface area (Å²) in [5, 5.41) is 9.38. The minimum absolute atomic E-state index is 0.0643. The van der Waals surface area contributed by atoms with Gasteiger partial charge in [0.25, 0.3) is 0 Å². The van der Waals surface area contributed by atoms with Crippen molar-refractivity contribution in [1.82, 2.24) is 0 Å². The van der Waals surface area contributed by atoms with E-state index >= 15 is 0 Å². The van der Waals surface area contributed by atoms with Gasteiger partial charge in [0, 0.05) is 5.41 Å². The molecule has 0 amide bonds. The third-order valence-electron chi connectivity index (χ3n) is 3.24. The zero-order valence-electron chi connectivity index (χ0n) is 9.42. The third kappa shape index (κ3) is 1.86. The number of hydrogen-bond acceptors (Lipinski definition) is 2. The van der Waals surface area contributed by atoms with Crippen molar-refractivity contribution in [3.63, 3.8) is 0 Å². The SMILES string of the molecule is CCOc1ccc(C2(CO)CC2)c(C)c1. The molecule has 1 fully saturated rings. The lowest BCUT2D eigenvalue weighted by Gasteiger charge is -2.16. The lowest BCUT2D eigenvalue weighted by Crippen LogP contribution is -2.13. The van der Waals surface area contributed by atoms with Crippen LogP contribution in [0.25, 0.3) is 0 Å². The summed E-state index contributed by atoms with van der Waals surface area (Å²) in [6.07, 6.45) is 2.22. The second-order valence-electron chi connectivity index (χ2n) is 4.35. The summed E-state index contributed by atoms with van der Waals surface area (Å²) in [4.78, 5) is 0. The van der Waals surface area contributed by atoms with Crippen molar-refractivity contribution in [1.29, 1.82) is 0 Å². The number of hydrogen-bond donors (Lipinski definition) is 1. The molecule has 0 aliphatic heterocycles. The summed E-state index contributed by atoms with van der Waals surface area (Å²) in [7, 11) is 0. The zero-order chi connectivity index (χ0) is 10.9. The Morgan fingerprint density at radius 1 is 1.40 bits per heavy atom. The molecule has 0 atom stereocenters. The fourth-order valence-corrected chi connectivity index (χ4v) is 2.15. The Morgan fingerprint density at radius 3 is 2.60 bits per heavy atom. The maximum Gasteiger partial charge on any atom is 0.119 e. The highest BCUT2D eigenvalue weighted by Gasteiger charge is 2.44. The van der Waals surface area contributed by atoms with E-state index in [1.807, 2.05) is 13.0 Å². The first-order chi connectivity index (χ1) is 7.22. The summed E-state index contributed by atoms with van der Waals surface area (Å²) in [5.41, 5.74) is 2.58. The molecule has 82 valence electrons. The Hall–Kier alpha value is -1.02. The molecule has 1 aliphatic rings. The van der Waals surface area contributed by atoms with Gasteiger partial charge in [-0.3, -0.25) is 0 Å². The van der Waals surface area contributed by atoms with E-state index in [4.69, 9.17) is 4.74 Å². The number of aliphatic hydroxyl groups is 1. The largest absolute Gasteiger partial charge is 0.494 e. The summed E-state index contributed by atoms with van der Waals surface area (Å²) in [6, 6.07) is 6.17. The van der Waals surface area contributed by atoms with Crippen LogP contribution in [0, 0.1) is 6.92 Å². The van der Waals surface area contributed by atoms with Crippen LogP contribution in [-0.2, 0) is 5.41 Å². The topological polar surface area (TPSA) is 29.5 Å². The Kier molecular flexibility index (Phi) is 2.70. The van der Waals surface area contributed by atoms with Crippen molar-refractivity contribution in [2.75, 3.05) is 13.2 Å². The van der Waals surface area contributed by atoms with Gasteiger partial charge in [0.1, 0.15) is 5.75 Å². The zero-order valence-corrected chi connectivity index (χ0v) is 9.42. The standard InChI is InChI=1S/C13H18O2/c1-3-15-11-4-5-12(10(2)8-11)13(9-14)6-7-13/h4-5,8,14H,3,6-7,9H2,1-2H3. The van der Waals surface area contributed by atoms with E-state index in [9.17, 15) is 5.11 Å². The van der Waals surface area contributed by atoms with Gasteiger partial charge in [-0.25, -0.2) is 0 Å². The van der Waals surface area contributed by atoms with Crippen LogP contribution in [0.15, 0.2) is 18.2 Å². The lowest BCUT2D eigenvalue weighted by molar-refractivity contribution is 0.254. The molecule has 1 saturated carbocycles. The molecule has 2 heteroatoms. The van der Waals surface area contributed by atoms with Crippen LogP contribution < -0.4 is 4.74 Å². The minimum atomic E-state index is 0.0643. The third-order valence-corrected chi connectivity index (χ3v) is 3.24. The number of rotatable bonds is 4. The van der Waals surface area contributed by atoms with Crippen LogP contribution >= 0.6 is 0 Å². The van der Waals surface area contributed by atoms with Gasteiger partial charge in [-0.1, -0.05) is 6.07 Å². The normalized spacial score (nSPS) is 17.5. The maximum atomic E-state index is 9.38. The number of aryl methyl sites for hydroxylation is 1. The fraction of sp³-hybridized carbons (Fsp3) is 0.538. The van der Waals surface area contributed by atoms with Gasteiger partial charge in [0.2, 0.25) is 0 Å². The monoisotopic (exact) mass is 206 g/mol. The summed E-state index contributed by atoms with van der Waals surface area (Å²) in [5.74, 6) is 0.924. The first-order valence-electron chi connectivity index (χ1n) is 5.56. The van der Waals surface area contributed by atoms with Crippen LogP contribution in [0.1, 0.15) is 30.9 Å². The average molecular weight is 206 g/mol. The van der Waals surface area contributed by atoms with E-state index in [1.165, 1.54) is 11.1 Å². The van der Waals surface area contributed by atoms with Crippen LogP contribution in [0.2, 0.25) is 0 Å². The molecule has 1 aromatic rings. The highest BCUT2D eigenvalue weighted by Crippen LogP contribution is 2.49. The van der Waals surface area contributed by atoms with Crippen molar-refractivity contribution in [2.24, 2.45) is 0 Å².